The summed E-state index contributed by atoms with van der Waals surface area (Å²) in [5.74, 6) is 0. The van der Waals surface area contributed by atoms with Crippen LogP contribution in [0.3, 0.4) is 0 Å². The number of pyridine rings is 1. The molecule has 1 aromatic heterocycles. The zero-order chi connectivity index (χ0) is 12.8. The highest BCUT2D eigenvalue weighted by Crippen LogP contribution is 2.17. The second-order valence-corrected chi connectivity index (χ2v) is 4.19. The van der Waals surface area contributed by atoms with Crippen LogP contribution in [0.25, 0.3) is 0 Å². The maximum atomic E-state index is 11.7. The van der Waals surface area contributed by atoms with E-state index in [1.165, 1.54) is 4.90 Å². The van der Waals surface area contributed by atoms with Gasteiger partial charge in [-0.1, -0.05) is 11.6 Å². The van der Waals surface area contributed by atoms with E-state index in [1.54, 1.807) is 32.3 Å². The molecule has 1 heterocycles. The van der Waals surface area contributed by atoms with Crippen molar-refractivity contribution in [2.24, 2.45) is 0 Å². The highest BCUT2D eigenvalue weighted by atomic mass is 35.5. The Morgan fingerprint density at radius 1 is 1.71 bits per heavy atom. The van der Waals surface area contributed by atoms with E-state index in [0.29, 0.717) is 18.7 Å². The van der Waals surface area contributed by atoms with E-state index in [2.05, 4.69) is 10.3 Å². The molecule has 0 aliphatic heterocycles. The summed E-state index contributed by atoms with van der Waals surface area (Å²) in [6.45, 7) is 2.16. The third-order valence-corrected chi connectivity index (χ3v) is 2.53. The molecule has 5 nitrogen and oxygen atoms in total. The average Bonchev–Trinajstić information content (AvgIpc) is 2.28. The third kappa shape index (κ3) is 4.58. The van der Waals surface area contributed by atoms with Gasteiger partial charge in [0.2, 0.25) is 0 Å². The largest absolute Gasteiger partial charge is 0.393 e. The van der Waals surface area contributed by atoms with Crippen molar-refractivity contribution < 1.29 is 9.90 Å². The van der Waals surface area contributed by atoms with Crippen LogP contribution >= 0.6 is 11.6 Å². The van der Waals surface area contributed by atoms with Gasteiger partial charge < -0.3 is 15.3 Å². The molecule has 94 valence electrons. The van der Waals surface area contributed by atoms with Gasteiger partial charge in [0.25, 0.3) is 0 Å². The Labute approximate surface area is 105 Å². The van der Waals surface area contributed by atoms with Crippen molar-refractivity contribution in [3.8, 4) is 0 Å². The Morgan fingerprint density at radius 3 is 3.00 bits per heavy atom. The second kappa shape index (κ2) is 6.42. The molecular formula is C11H16ClN3O2. The minimum Gasteiger partial charge on any atom is -0.393 e. The number of hydrogen-bond donors (Lipinski definition) is 2. The lowest BCUT2D eigenvalue weighted by atomic mass is 10.3. The molecule has 17 heavy (non-hydrogen) atoms. The number of aromatic nitrogens is 1. The number of hydrogen-bond acceptors (Lipinski definition) is 3. The molecule has 0 aliphatic carbocycles. The summed E-state index contributed by atoms with van der Waals surface area (Å²) in [5.41, 5.74) is 0.475. The summed E-state index contributed by atoms with van der Waals surface area (Å²) in [6.07, 6.45) is 1.66. The summed E-state index contributed by atoms with van der Waals surface area (Å²) in [7, 11) is 1.65. The van der Waals surface area contributed by atoms with Crippen LogP contribution in [0.1, 0.15) is 13.3 Å². The lowest BCUT2D eigenvalue weighted by molar-refractivity contribution is 0.167. The van der Waals surface area contributed by atoms with Crippen molar-refractivity contribution in [2.45, 2.75) is 19.4 Å². The minimum absolute atomic E-state index is 0.254. The van der Waals surface area contributed by atoms with Crippen molar-refractivity contribution in [1.29, 1.82) is 0 Å². The number of carbonyl (C=O) groups is 1. The van der Waals surface area contributed by atoms with Crippen molar-refractivity contribution >= 4 is 23.3 Å². The lowest BCUT2D eigenvalue weighted by Gasteiger charge is -2.18. The maximum Gasteiger partial charge on any atom is 0.321 e. The van der Waals surface area contributed by atoms with Gasteiger partial charge in [-0.25, -0.2) is 9.78 Å². The fraction of sp³-hybridized carbons (Fsp3) is 0.455. The number of aliphatic hydroxyl groups excluding tert-OH is 1. The highest BCUT2D eigenvalue weighted by molar-refractivity contribution is 6.32. The van der Waals surface area contributed by atoms with Gasteiger partial charge in [0.15, 0.2) is 5.15 Å². The molecule has 0 radical (unpaired) electrons. The standard InChI is InChI=1S/C11H16ClN3O2/c1-8(16)5-7-15(2)11(17)14-9-4-3-6-13-10(9)12/h3-4,6,8,16H,5,7H2,1-2H3,(H,14,17)/t8-/m0/s1. The van der Waals surface area contributed by atoms with Crippen LogP contribution in [0.5, 0.6) is 0 Å². The third-order valence-electron chi connectivity index (χ3n) is 2.23. The first-order chi connectivity index (χ1) is 8.00. The number of halogens is 1. The van der Waals surface area contributed by atoms with E-state index in [4.69, 9.17) is 16.7 Å². The summed E-state index contributed by atoms with van der Waals surface area (Å²) in [6, 6.07) is 3.09. The van der Waals surface area contributed by atoms with Gasteiger partial charge in [-0.05, 0) is 25.5 Å². The molecule has 0 fully saturated rings. The molecule has 0 unspecified atom stereocenters. The van der Waals surface area contributed by atoms with E-state index in [0.717, 1.165) is 0 Å². The predicted molar refractivity (Wildman–Crippen MR) is 67.2 cm³/mol. The number of anilines is 1. The van der Waals surface area contributed by atoms with Gasteiger partial charge in [-0.3, -0.25) is 0 Å². The zero-order valence-electron chi connectivity index (χ0n) is 9.85. The van der Waals surface area contributed by atoms with E-state index in [1.807, 2.05) is 0 Å². The fourth-order valence-electron chi connectivity index (χ4n) is 1.17. The summed E-state index contributed by atoms with van der Waals surface area (Å²) >= 11 is 5.82. The van der Waals surface area contributed by atoms with Crippen molar-refractivity contribution in [3.05, 3.63) is 23.5 Å². The molecule has 0 saturated heterocycles. The van der Waals surface area contributed by atoms with E-state index >= 15 is 0 Å². The lowest BCUT2D eigenvalue weighted by Crippen LogP contribution is -2.33. The summed E-state index contributed by atoms with van der Waals surface area (Å²) in [4.78, 5) is 17.1. The molecule has 0 bridgehead atoms. The Hall–Kier alpha value is -1.33. The molecule has 1 aromatic rings. The Morgan fingerprint density at radius 2 is 2.41 bits per heavy atom. The number of nitrogens with zero attached hydrogens (tertiary/aromatic N) is 2. The fourth-order valence-corrected chi connectivity index (χ4v) is 1.34. The number of rotatable bonds is 4. The monoisotopic (exact) mass is 257 g/mol. The molecule has 2 amide bonds. The molecule has 0 saturated carbocycles. The predicted octanol–water partition coefficient (Wildman–Crippen LogP) is 1.97. The molecule has 1 atom stereocenters. The smallest absolute Gasteiger partial charge is 0.321 e. The van der Waals surface area contributed by atoms with Crippen LogP contribution in [0.4, 0.5) is 10.5 Å². The first kappa shape index (κ1) is 13.7. The molecule has 0 spiro atoms. The van der Waals surface area contributed by atoms with Crippen LogP contribution in [0.2, 0.25) is 5.15 Å². The van der Waals surface area contributed by atoms with E-state index in [-0.39, 0.29) is 11.2 Å². The number of aliphatic hydroxyl groups is 1. The molecular weight excluding hydrogens is 242 g/mol. The van der Waals surface area contributed by atoms with Gasteiger partial charge in [-0.2, -0.15) is 0 Å². The normalized spacial score (nSPS) is 12.0. The SMILES string of the molecule is C[C@H](O)CCN(C)C(=O)Nc1cccnc1Cl. The van der Waals surface area contributed by atoms with Crippen LogP contribution in [0.15, 0.2) is 18.3 Å². The quantitative estimate of drug-likeness (QED) is 0.811. The van der Waals surface area contributed by atoms with Gasteiger partial charge in [-0.15, -0.1) is 0 Å². The molecule has 2 N–H and O–H groups in total. The number of carbonyl (C=O) groups excluding carboxylic acids is 1. The number of urea groups is 1. The van der Waals surface area contributed by atoms with E-state index in [9.17, 15) is 4.79 Å². The van der Waals surface area contributed by atoms with Crippen molar-refractivity contribution in [1.82, 2.24) is 9.88 Å². The summed E-state index contributed by atoms with van der Waals surface area (Å²) < 4.78 is 0. The molecule has 6 heteroatoms. The Balaban J connectivity index is 2.52. The second-order valence-electron chi connectivity index (χ2n) is 3.83. The first-order valence-corrected chi connectivity index (χ1v) is 5.69. The highest BCUT2D eigenvalue weighted by Gasteiger charge is 2.11. The van der Waals surface area contributed by atoms with Crippen LogP contribution in [-0.4, -0.2) is 40.7 Å². The average molecular weight is 258 g/mol. The molecule has 0 aliphatic rings. The van der Waals surface area contributed by atoms with Crippen LogP contribution in [0, 0.1) is 0 Å². The van der Waals surface area contributed by atoms with Crippen LogP contribution < -0.4 is 5.32 Å². The summed E-state index contributed by atoms with van der Waals surface area (Å²) in [5, 5.41) is 12.0. The van der Waals surface area contributed by atoms with Gasteiger partial charge in [0.1, 0.15) is 0 Å². The van der Waals surface area contributed by atoms with Crippen LogP contribution in [-0.2, 0) is 0 Å². The first-order valence-electron chi connectivity index (χ1n) is 5.31. The van der Waals surface area contributed by atoms with Gasteiger partial charge in [0, 0.05) is 19.8 Å². The number of nitrogens with one attached hydrogen (secondary N) is 1. The molecule has 0 aromatic carbocycles. The van der Waals surface area contributed by atoms with Gasteiger partial charge >= 0.3 is 6.03 Å². The zero-order valence-corrected chi connectivity index (χ0v) is 10.6. The minimum atomic E-state index is -0.424. The maximum absolute atomic E-state index is 11.7. The molecule has 1 rings (SSSR count). The van der Waals surface area contributed by atoms with Crippen molar-refractivity contribution in [3.63, 3.8) is 0 Å². The Bertz CT molecular complexity index is 385. The van der Waals surface area contributed by atoms with E-state index < -0.39 is 6.10 Å². The topological polar surface area (TPSA) is 65.5 Å². The number of amides is 2. The van der Waals surface area contributed by atoms with Gasteiger partial charge in [0.05, 0.1) is 11.8 Å². The van der Waals surface area contributed by atoms with Crippen molar-refractivity contribution in [2.75, 3.05) is 18.9 Å². The Kier molecular flexibility index (Phi) is 5.18.